The van der Waals surface area contributed by atoms with Crippen LogP contribution in [-0.4, -0.2) is 11.0 Å². The standard InChI is InChI=1S/C9H17NS/c1-2-5-8-6-3-4-7-9(11)10-8/h8H,2-7H2,1H3,(H,10,11). The van der Waals surface area contributed by atoms with Crippen molar-refractivity contribution in [3.8, 4) is 0 Å². The molecule has 0 aliphatic carbocycles. The lowest BCUT2D eigenvalue weighted by molar-refractivity contribution is 0.512. The molecular weight excluding hydrogens is 154 g/mol. The highest BCUT2D eigenvalue weighted by Gasteiger charge is 2.12. The molecule has 1 aliphatic heterocycles. The second-order valence-corrected chi connectivity index (χ2v) is 3.79. The molecule has 1 aliphatic rings. The van der Waals surface area contributed by atoms with Crippen molar-refractivity contribution < 1.29 is 0 Å². The maximum Gasteiger partial charge on any atom is 0.0755 e. The Balaban J connectivity index is 2.33. The Morgan fingerprint density at radius 3 is 3.09 bits per heavy atom. The third-order valence-electron chi connectivity index (χ3n) is 2.21. The molecule has 0 radical (unpaired) electrons. The third kappa shape index (κ3) is 3.19. The molecule has 0 aromatic rings. The van der Waals surface area contributed by atoms with Crippen LogP contribution in [0.15, 0.2) is 0 Å². The Labute approximate surface area is 74.6 Å². The number of nitrogens with one attached hydrogen (secondary N) is 1. The smallest absolute Gasteiger partial charge is 0.0755 e. The molecule has 1 heterocycles. The van der Waals surface area contributed by atoms with E-state index >= 15 is 0 Å². The van der Waals surface area contributed by atoms with E-state index in [1.165, 1.54) is 32.1 Å². The maximum atomic E-state index is 5.17. The van der Waals surface area contributed by atoms with Crippen LogP contribution < -0.4 is 5.32 Å². The highest BCUT2D eigenvalue weighted by molar-refractivity contribution is 7.80. The van der Waals surface area contributed by atoms with Gasteiger partial charge in [-0.05, 0) is 25.7 Å². The molecule has 0 bridgehead atoms. The molecule has 0 aromatic heterocycles. The van der Waals surface area contributed by atoms with Crippen molar-refractivity contribution in [2.24, 2.45) is 0 Å². The molecule has 1 N–H and O–H groups in total. The molecule has 0 aromatic carbocycles. The van der Waals surface area contributed by atoms with Gasteiger partial charge < -0.3 is 5.32 Å². The van der Waals surface area contributed by atoms with E-state index in [1.807, 2.05) is 0 Å². The molecule has 1 rings (SSSR count). The summed E-state index contributed by atoms with van der Waals surface area (Å²) in [6.07, 6.45) is 7.59. The van der Waals surface area contributed by atoms with Crippen LogP contribution in [0.4, 0.5) is 0 Å². The van der Waals surface area contributed by atoms with E-state index in [4.69, 9.17) is 12.2 Å². The van der Waals surface area contributed by atoms with E-state index < -0.39 is 0 Å². The van der Waals surface area contributed by atoms with E-state index in [-0.39, 0.29) is 0 Å². The predicted octanol–water partition coefficient (Wildman–Crippen LogP) is 2.65. The van der Waals surface area contributed by atoms with E-state index in [2.05, 4.69) is 12.2 Å². The van der Waals surface area contributed by atoms with E-state index in [0.29, 0.717) is 6.04 Å². The molecule has 1 nitrogen and oxygen atoms in total. The van der Waals surface area contributed by atoms with Gasteiger partial charge in [0.15, 0.2) is 0 Å². The van der Waals surface area contributed by atoms with E-state index in [0.717, 1.165) is 11.4 Å². The number of rotatable bonds is 2. The minimum Gasteiger partial charge on any atom is -0.377 e. The molecule has 1 fully saturated rings. The first-order valence-electron chi connectivity index (χ1n) is 4.62. The second kappa shape index (κ2) is 4.70. The van der Waals surface area contributed by atoms with Crippen LogP contribution in [0.1, 0.15) is 45.4 Å². The average molecular weight is 171 g/mol. The Bertz CT molecular complexity index is 134. The van der Waals surface area contributed by atoms with Crippen LogP contribution in [0.2, 0.25) is 0 Å². The largest absolute Gasteiger partial charge is 0.377 e. The summed E-state index contributed by atoms with van der Waals surface area (Å²) in [6.45, 7) is 2.23. The van der Waals surface area contributed by atoms with Gasteiger partial charge in [-0.15, -0.1) is 0 Å². The molecule has 11 heavy (non-hydrogen) atoms. The van der Waals surface area contributed by atoms with Crippen molar-refractivity contribution in [1.29, 1.82) is 0 Å². The molecule has 1 saturated heterocycles. The van der Waals surface area contributed by atoms with Gasteiger partial charge in [-0.25, -0.2) is 0 Å². The quantitative estimate of drug-likeness (QED) is 0.641. The molecule has 0 saturated carbocycles. The summed E-state index contributed by atoms with van der Waals surface area (Å²) in [6, 6.07) is 0.676. The summed E-state index contributed by atoms with van der Waals surface area (Å²) in [5.74, 6) is 0. The van der Waals surface area contributed by atoms with Crippen molar-refractivity contribution in [3.05, 3.63) is 0 Å². The van der Waals surface area contributed by atoms with Crippen LogP contribution in [0.5, 0.6) is 0 Å². The highest BCUT2D eigenvalue weighted by Crippen LogP contribution is 2.13. The Kier molecular flexibility index (Phi) is 3.84. The minimum absolute atomic E-state index is 0.676. The van der Waals surface area contributed by atoms with Crippen LogP contribution in [0.3, 0.4) is 0 Å². The minimum atomic E-state index is 0.676. The fraction of sp³-hybridized carbons (Fsp3) is 0.889. The van der Waals surface area contributed by atoms with Gasteiger partial charge in [0.1, 0.15) is 0 Å². The number of hydrogen-bond donors (Lipinski definition) is 1. The molecule has 1 unspecified atom stereocenters. The summed E-state index contributed by atoms with van der Waals surface area (Å²) >= 11 is 5.17. The summed E-state index contributed by atoms with van der Waals surface area (Å²) in [4.78, 5) is 1.08. The van der Waals surface area contributed by atoms with Crippen LogP contribution >= 0.6 is 12.2 Å². The number of hydrogen-bond acceptors (Lipinski definition) is 1. The molecule has 2 heteroatoms. The van der Waals surface area contributed by atoms with Crippen molar-refractivity contribution in [2.75, 3.05) is 0 Å². The fourth-order valence-corrected chi connectivity index (χ4v) is 1.92. The second-order valence-electron chi connectivity index (χ2n) is 3.30. The van der Waals surface area contributed by atoms with Gasteiger partial charge in [-0.3, -0.25) is 0 Å². The monoisotopic (exact) mass is 171 g/mol. The lowest BCUT2D eigenvalue weighted by atomic mass is 10.1. The zero-order valence-corrected chi connectivity index (χ0v) is 8.04. The first-order chi connectivity index (χ1) is 5.33. The summed E-state index contributed by atoms with van der Waals surface area (Å²) < 4.78 is 0. The van der Waals surface area contributed by atoms with Crippen LogP contribution in [-0.2, 0) is 0 Å². The van der Waals surface area contributed by atoms with Crippen molar-refractivity contribution in [1.82, 2.24) is 5.32 Å². The summed E-state index contributed by atoms with van der Waals surface area (Å²) in [5.41, 5.74) is 0. The Morgan fingerprint density at radius 2 is 2.36 bits per heavy atom. The predicted molar refractivity (Wildman–Crippen MR) is 52.9 cm³/mol. The first kappa shape index (κ1) is 8.98. The van der Waals surface area contributed by atoms with E-state index in [9.17, 15) is 0 Å². The number of thiocarbonyl (C=S) groups is 1. The van der Waals surface area contributed by atoms with Crippen LogP contribution in [0.25, 0.3) is 0 Å². The van der Waals surface area contributed by atoms with Crippen molar-refractivity contribution in [3.63, 3.8) is 0 Å². The van der Waals surface area contributed by atoms with Gasteiger partial charge in [0.25, 0.3) is 0 Å². The highest BCUT2D eigenvalue weighted by atomic mass is 32.1. The van der Waals surface area contributed by atoms with E-state index in [1.54, 1.807) is 0 Å². The fourth-order valence-electron chi connectivity index (χ4n) is 1.61. The lowest BCUT2D eigenvalue weighted by Gasteiger charge is -2.15. The summed E-state index contributed by atoms with van der Waals surface area (Å²) in [5, 5.41) is 3.41. The molecule has 0 amide bonds. The van der Waals surface area contributed by atoms with Gasteiger partial charge in [0.2, 0.25) is 0 Å². The zero-order valence-electron chi connectivity index (χ0n) is 7.23. The maximum absolute atomic E-state index is 5.17. The SMILES string of the molecule is CCCC1CCCCC(=S)N1. The lowest BCUT2D eigenvalue weighted by Crippen LogP contribution is -2.31. The van der Waals surface area contributed by atoms with Gasteiger partial charge in [0, 0.05) is 6.04 Å². The van der Waals surface area contributed by atoms with Crippen molar-refractivity contribution in [2.45, 2.75) is 51.5 Å². The van der Waals surface area contributed by atoms with Crippen LogP contribution in [0, 0.1) is 0 Å². The molecule has 1 atom stereocenters. The van der Waals surface area contributed by atoms with Gasteiger partial charge in [-0.1, -0.05) is 32.0 Å². The average Bonchev–Trinajstić information content (AvgIpc) is 2.15. The van der Waals surface area contributed by atoms with Gasteiger partial charge in [0.05, 0.1) is 4.99 Å². The first-order valence-corrected chi connectivity index (χ1v) is 5.03. The topological polar surface area (TPSA) is 12.0 Å². The summed E-state index contributed by atoms with van der Waals surface area (Å²) in [7, 11) is 0. The third-order valence-corrected chi connectivity index (χ3v) is 2.53. The molecule has 64 valence electrons. The molecule has 0 spiro atoms. The van der Waals surface area contributed by atoms with Crippen molar-refractivity contribution >= 4 is 17.2 Å². The van der Waals surface area contributed by atoms with Gasteiger partial charge in [-0.2, -0.15) is 0 Å². The Hall–Kier alpha value is -0.110. The normalized spacial score (nSPS) is 25.9. The van der Waals surface area contributed by atoms with Gasteiger partial charge >= 0.3 is 0 Å². The Morgan fingerprint density at radius 1 is 1.55 bits per heavy atom. The zero-order chi connectivity index (χ0) is 8.10. The molecular formula is C9H17NS.